The maximum absolute atomic E-state index is 14.1. The topological polar surface area (TPSA) is 62.1 Å². The van der Waals surface area contributed by atoms with Crippen molar-refractivity contribution in [2.45, 2.75) is 38.3 Å². The minimum absolute atomic E-state index is 0.0764. The highest BCUT2D eigenvalue weighted by atomic mass is 19.1. The molecule has 4 rings (SSSR count). The van der Waals surface area contributed by atoms with E-state index < -0.39 is 23.4 Å². The molecule has 0 bridgehead atoms. The van der Waals surface area contributed by atoms with Crippen LogP contribution in [0, 0.1) is 23.4 Å². The number of hydrogen-bond donors (Lipinski definition) is 1. The molecule has 2 aliphatic rings. The van der Waals surface area contributed by atoms with Gasteiger partial charge in [-0.2, -0.15) is 0 Å². The van der Waals surface area contributed by atoms with Crippen molar-refractivity contribution in [2.75, 3.05) is 4.90 Å². The van der Waals surface area contributed by atoms with Crippen LogP contribution in [0.1, 0.15) is 36.8 Å². The number of halogens is 3. The molecule has 162 valence electrons. The van der Waals surface area contributed by atoms with E-state index in [4.69, 9.17) is 9.84 Å². The summed E-state index contributed by atoms with van der Waals surface area (Å²) in [6, 6.07) is 6.56. The molecule has 1 heterocycles. The van der Waals surface area contributed by atoms with Crippen LogP contribution in [0.25, 0.3) is 5.70 Å². The van der Waals surface area contributed by atoms with Gasteiger partial charge < -0.3 is 14.7 Å². The average molecular weight is 430 g/mol. The predicted octanol–water partition coefficient (Wildman–Crippen LogP) is 5.15. The first kappa shape index (κ1) is 21.0. The van der Waals surface area contributed by atoms with Gasteiger partial charge in [-0.25, -0.2) is 18.2 Å². The Hall–Kier alpha value is -3.29. The Morgan fingerprint density at radius 2 is 1.81 bits per heavy atom. The van der Waals surface area contributed by atoms with Crippen LogP contribution in [0.15, 0.2) is 41.9 Å². The van der Waals surface area contributed by atoms with Crippen molar-refractivity contribution in [3.05, 3.63) is 65.5 Å². The molecule has 2 aromatic carbocycles. The number of carbonyl (C=O) groups is 1. The number of aliphatic imine (C=N–C) groups is 1. The number of carboxylic acids is 1. The molecule has 0 amide bonds. The van der Waals surface area contributed by atoms with Crippen LogP contribution in [0.5, 0.6) is 5.75 Å². The van der Waals surface area contributed by atoms with Crippen LogP contribution >= 0.6 is 0 Å². The standard InChI is InChI=1S/C23H21F3N2O3/c1-13-18-10-17(31-16-4-2-14(3-5-16)23(29)30)6-7-22(18)28(12-27-13)11-19-20(25)8-15(24)9-21(19)26/h6-10,12,14,16H,1-5,11H2,(H,29,30). The van der Waals surface area contributed by atoms with Gasteiger partial charge in [-0.15, -0.1) is 0 Å². The van der Waals surface area contributed by atoms with Gasteiger partial charge in [0.05, 0.1) is 36.3 Å². The molecule has 0 unspecified atom stereocenters. The van der Waals surface area contributed by atoms with E-state index in [-0.39, 0.29) is 24.1 Å². The van der Waals surface area contributed by atoms with Crippen LogP contribution in [-0.2, 0) is 11.3 Å². The lowest BCUT2D eigenvalue weighted by molar-refractivity contribution is -0.143. The molecule has 0 saturated heterocycles. The third-order valence-electron chi connectivity index (χ3n) is 5.70. The molecular formula is C23H21F3N2O3. The van der Waals surface area contributed by atoms with Crippen LogP contribution < -0.4 is 9.64 Å². The number of ether oxygens (including phenoxy) is 1. The van der Waals surface area contributed by atoms with Gasteiger partial charge in [0, 0.05) is 23.3 Å². The normalized spacial score (nSPS) is 20.5. The van der Waals surface area contributed by atoms with E-state index in [0.29, 0.717) is 60.5 Å². The van der Waals surface area contributed by atoms with E-state index in [9.17, 15) is 18.0 Å². The second-order valence-electron chi connectivity index (χ2n) is 7.78. The monoisotopic (exact) mass is 430 g/mol. The van der Waals surface area contributed by atoms with Gasteiger partial charge in [-0.3, -0.25) is 4.79 Å². The number of rotatable bonds is 5. The zero-order chi connectivity index (χ0) is 22.1. The van der Waals surface area contributed by atoms with Gasteiger partial charge in [-0.1, -0.05) is 6.58 Å². The van der Waals surface area contributed by atoms with Crippen molar-refractivity contribution >= 4 is 23.7 Å². The number of nitrogens with zero attached hydrogens (tertiary/aromatic N) is 2. The number of aliphatic carboxylic acids is 1. The second-order valence-corrected chi connectivity index (χ2v) is 7.78. The Morgan fingerprint density at radius 3 is 2.45 bits per heavy atom. The van der Waals surface area contributed by atoms with Gasteiger partial charge in [0.1, 0.15) is 23.2 Å². The number of carboxylic acid groups (broad SMARTS) is 1. The summed E-state index contributed by atoms with van der Waals surface area (Å²) < 4.78 is 47.4. The Labute approximate surface area is 177 Å². The summed E-state index contributed by atoms with van der Waals surface area (Å²) in [5, 5.41) is 9.12. The molecule has 1 aliphatic heterocycles. The fourth-order valence-electron chi connectivity index (χ4n) is 3.98. The first-order valence-corrected chi connectivity index (χ1v) is 9.99. The first-order valence-electron chi connectivity index (χ1n) is 9.99. The van der Waals surface area contributed by atoms with E-state index in [1.165, 1.54) is 6.34 Å². The quantitative estimate of drug-likeness (QED) is 0.713. The van der Waals surface area contributed by atoms with Gasteiger partial charge in [0.25, 0.3) is 0 Å². The lowest BCUT2D eigenvalue weighted by atomic mass is 9.87. The minimum atomic E-state index is -0.973. The summed E-state index contributed by atoms with van der Waals surface area (Å²) in [4.78, 5) is 16.9. The van der Waals surface area contributed by atoms with Crippen LogP contribution in [0.4, 0.5) is 18.9 Å². The van der Waals surface area contributed by atoms with Gasteiger partial charge in [0.15, 0.2) is 0 Å². The van der Waals surface area contributed by atoms with Crippen molar-refractivity contribution in [1.82, 2.24) is 0 Å². The number of hydrogen-bond acceptors (Lipinski definition) is 4. The molecule has 1 fully saturated rings. The first-order chi connectivity index (χ1) is 14.8. The molecule has 31 heavy (non-hydrogen) atoms. The largest absolute Gasteiger partial charge is 0.490 e. The number of fused-ring (bicyclic) bond motifs is 1. The molecule has 0 aromatic heterocycles. The fraction of sp³-hybridized carbons (Fsp3) is 0.304. The van der Waals surface area contributed by atoms with Crippen LogP contribution in [-0.4, -0.2) is 23.5 Å². The number of anilines is 1. The highest BCUT2D eigenvalue weighted by Gasteiger charge is 2.27. The van der Waals surface area contributed by atoms with Crippen molar-refractivity contribution in [3.63, 3.8) is 0 Å². The number of benzene rings is 2. The molecule has 8 heteroatoms. The van der Waals surface area contributed by atoms with Crippen molar-refractivity contribution in [3.8, 4) is 5.75 Å². The lowest BCUT2D eigenvalue weighted by Crippen LogP contribution is -2.28. The predicted molar refractivity (Wildman–Crippen MR) is 110 cm³/mol. The van der Waals surface area contributed by atoms with Crippen LogP contribution in [0.3, 0.4) is 0 Å². The van der Waals surface area contributed by atoms with E-state index >= 15 is 0 Å². The summed E-state index contributed by atoms with van der Waals surface area (Å²) in [7, 11) is 0. The van der Waals surface area contributed by atoms with Crippen LogP contribution in [0.2, 0.25) is 0 Å². The molecule has 0 atom stereocenters. The van der Waals surface area contributed by atoms with Crippen molar-refractivity contribution < 1.29 is 27.8 Å². The molecule has 1 aliphatic carbocycles. The maximum Gasteiger partial charge on any atom is 0.306 e. The molecule has 2 aromatic rings. The second kappa shape index (κ2) is 8.45. The summed E-state index contributed by atoms with van der Waals surface area (Å²) >= 11 is 0. The third-order valence-corrected chi connectivity index (χ3v) is 5.70. The molecule has 1 saturated carbocycles. The van der Waals surface area contributed by atoms with Gasteiger partial charge in [0.2, 0.25) is 0 Å². The summed E-state index contributed by atoms with van der Waals surface area (Å²) in [6.45, 7) is 3.75. The molecule has 1 N–H and O–H groups in total. The molecule has 0 radical (unpaired) electrons. The van der Waals surface area contributed by atoms with E-state index in [2.05, 4.69) is 11.6 Å². The maximum atomic E-state index is 14.1. The summed E-state index contributed by atoms with van der Waals surface area (Å²) in [6.07, 6.45) is 3.81. The van der Waals surface area contributed by atoms with E-state index in [0.717, 1.165) is 0 Å². The Bertz CT molecular complexity index is 1040. The van der Waals surface area contributed by atoms with E-state index in [1.54, 1.807) is 23.1 Å². The van der Waals surface area contributed by atoms with E-state index in [1.807, 2.05) is 0 Å². The molecule has 5 nitrogen and oxygen atoms in total. The van der Waals surface area contributed by atoms with Gasteiger partial charge >= 0.3 is 5.97 Å². The highest BCUT2D eigenvalue weighted by molar-refractivity contribution is 5.94. The fourth-order valence-corrected chi connectivity index (χ4v) is 3.98. The smallest absolute Gasteiger partial charge is 0.306 e. The summed E-state index contributed by atoms with van der Waals surface area (Å²) in [5.41, 5.74) is 1.51. The zero-order valence-electron chi connectivity index (χ0n) is 16.7. The molecule has 0 spiro atoms. The zero-order valence-corrected chi connectivity index (χ0v) is 16.7. The third kappa shape index (κ3) is 4.42. The van der Waals surface area contributed by atoms with Crippen molar-refractivity contribution in [2.24, 2.45) is 10.9 Å². The highest BCUT2D eigenvalue weighted by Crippen LogP contribution is 2.36. The van der Waals surface area contributed by atoms with Gasteiger partial charge in [-0.05, 0) is 43.9 Å². The summed E-state index contributed by atoms with van der Waals surface area (Å²) in [5.74, 6) is -3.40. The SMILES string of the molecule is C=C1N=CN(Cc2c(F)cc(F)cc2F)c2ccc(OC3CCC(C(=O)O)CC3)cc21. The minimum Gasteiger partial charge on any atom is -0.490 e. The Balaban J connectivity index is 1.52. The lowest BCUT2D eigenvalue weighted by Gasteiger charge is -2.29. The average Bonchev–Trinajstić information content (AvgIpc) is 2.73. The molecular weight excluding hydrogens is 409 g/mol. The Morgan fingerprint density at radius 1 is 1.13 bits per heavy atom. The van der Waals surface area contributed by atoms with Crippen molar-refractivity contribution in [1.29, 1.82) is 0 Å². The Kier molecular flexibility index (Phi) is 5.71.